The van der Waals surface area contributed by atoms with Gasteiger partial charge in [0.05, 0.1) is 28.3 Å². The summed E-state index contributed by atoms with van der Waals surface area (Å²) in [6.45, 7) is 1.31. The number of rotatable bonds is 7. The smallest absolute Gasteiger partial charge is 0.332 e. The number of ether oxygens (including phenoxy) is 2. The molecule has 2 heterocycles. The number of amides is 1. The number of esters is 1. The van der Waals surface area contributed by atoms with E-state index in [0.717, 1.165) is 15.2 Å². The van der Waals surface area contributed by atoms with Crippen LogP contribution in [0.1, 0.15) is 18.4 Å². The van der Waals surface area contributed by atoms with Crippen LogP contribution in [0.25, 0.3) is 10.2 Å². The summed E-state index contributed by atoms with van der Waals surface area (Å²) in [5.41, 5.74) is 0.878. The van der Waals surface area contributed by atoms with Gasteiger partial charge in [0.25, 0.3) is 5.91 Å². The van der Waals surface area contributed by atoms with E-state index in [2.05, 4.69) is 10.3 Å². The Labute approximate surface area is 160 Å². The normalized spacial score (nSPS) is 19.7. The van der Waals surface area contributed by atoms with E-state index in [1.54, 1.807) is 0 Å². The molecule has 0 unspecified atom stereocenters. The number of sulfone groups is 1. The van der Waals surface area contributed by atoms with E-state index in [1.807, 2.05) is 24.3 Å². The van der Waals surface area contributed by atoms with Crippen molar-refractivity contribution in [1.82, 2.24) is 10.3 Å². The van der Waals surface area contributed by atoms with Crippen LogP contribution in [-0.2, 0) is 35.5 Å². The van der Waals surface area contributed by atoms with Gasteiger partial charge in [0, 0.05) is 6.04 Å². The van der Waals surface area contributed by atoms with Gasteiger partial charge in [-0.1, -0.05) is 12.1 Å². The van der Waals surface area contributed by atoms with Crippen molar-refractivity contribution in [2.45, 2.75) is 32.1 Å². The predicted octanol–water partition coefficient (Wildman–Crippen LogP) is 1.05. The number of nitrogens with one attached hydrogen (secondary N) is 1. The number of carbonyl (C=O) groups is 2. The molecule has 0 radical (unpaired) electrons. The van der Waals surface area contributed by atoms with Crippen molar-refractivity contribution < 1.29 is 27.5 Å². The molecular formula is C17H20N2O6S2. The third-order valence-electron chi connectivity index (χ3n) is 4.04. The average Bonchev–Trinajstić information content (AvgIpc) is 3.16. The van der Waals surface area contributed by atoms with E-state index in [4.69, 9.17) is 9.47 Å². The lowest BCUT2D eigenvalue weighted by Gasteiger charge is -2.16. The van der Waals surface area contributed by atoms with Crippen molar-refractivity contribution in [3.8, 4) is 0 Å². The number of aromatic nitrogens is 1. The Morgan fingerprint density at radius 2 is 2.15 bits per heavy atom. The standard InChI is InChI=1S/C17H20N2O6S2/c1-11(17(21)18-12-6-7-27(22,23)10-12)25-16(20)9-24-8-15-19-13-4-2-3-5-14(13)26-15/h2-5,11-12H,6-10H2,1H3,(H,18,21)/t11-,12-/m0/s1. The predicted molar refractivity (Wildman–Crippen MR) is 100 cm³/mol. The van der Waals surface area contributed by atoms with E-state index < -0.39 is 33.9 Å². The van der Waals surface area contributed by atoms with Crippen LogP contribution >= 0.6 is 11.3 Å². The first kappa shape index (κ1) is 19.7. The summed E-state index contributed by atoms with van der Waals surface area (Å²) < 4.78 is 34.2. The average molecular weight is 412 g/mol. The molecule has 1 aromatic heterocycles. The second-order valence-corrected chi connectivity index (χ2v) is 9.65. The fourth-order valence-electron chi connectivity index (χ4n) is 2.72. The third kappa shape index (κ3) is 5.47. The molecule has 1 amide bonds. The SMILES string of the molecule is C[C@H](OC(=O)COCc1nc2ccccc2s1)C(=O)N[C@H]1CCS(=O)(=O)C1. The molecule has 1 saturated heterocycles. The summed E-state index contributed by atoms with van der Waals surface area (Å²) in [6, 6.07) is 7.26. The molecule has 1 aliphatic heterocycles. The van der Waals surface area contributed by atoms with Gasteiger partial charge in [-0.05, 0) is 25.5 Å². The zero-order valence-corrected chi connectivity index (χ0v) is 16.3. The van der Waals surface area contributed by atoms with Gasteiger partial charge < -0.3 is 14.8 Å². The number of para-hydroxylation sites is 1. The highest BCUT2D eigenvalue weighted by atomic mass is 32.2. The maximum atomic E-state index is 12.0. The van der Waals surface area contributed by atoms with Crippen LogP contribution in [0.15, 0.2) is 24.3 Å². The number of carbonyl (C=O) groups excluding carboxylic acids is 2. The van der Waals surface area contributed by atoms with Crippen LogP contribution in [0.4, 0.5) is 0 Å². The second kappa shape index (κ2) is 8.32. The Morgan fingerprint density at radius 3 is 2.85 bits per heavy atom. The maximum Gasteiger partial charge on any atom is 0.332 e. The zero-order chi connectivity index (χ0) is 19.4. The third-order valence-corrected chi connectivity index (χ3v) is 6.82. The van der Waals surface area contributed by atoms with Crippen LogP contribution in [0.2, 0.25) is 0 Å². The molecule has 8 nitrogen and oxygen atoms in total. The highest BCUT2D eigenvalue weighted by Gasteiger charge is 2.30. The lowest BCUT2D eigenvalue weighted by atomic mass is 10.2. The molecule has 0 saturated carbocycles. The number of fused-ring (bicyclic) bond motifs is 1. The first-order valence-corrected chi connectivity index (χ1v) is 11.1. The lowest BCUT2D eigenvalue weighted by molar-refractivity contribution is -0.159. The van der Waals surface area contributed by atoms with E-state index in [0.29, 0.717) is 6.42 Å². The Balaban J connectivity index is 1.39. The quantitative estimate of drug-likeness (QED) is 0.677. The molecule has 1 aliphatic rings. The van der Waals surface area contributed by atoms with E-state index in [1.165, 1.54) is 18.3 Å². The van der Waals surface area contributed by atoms with Crippen LogP contribution in [0.3, 0.4) is 0 Å². The van der Waals surface area contributed by atoms with Crippen LogP contribution in [-0.4, -0.2) is 55.5 Å². The Kier molecular flexibility index (Phi) is 6.08. The van der Waals surface area contributed by atoms with Gasteiger partial charge in [0.1, 0.15) is 11.6 Å². The molecule has 10 heteroatoms. The molecule has 0 spiro atoms. The summed E-state index contributed by atoms with van der Waals surface area (Å²) in [6.07, 6.45) is -0.646. The number of thiazole rings is 1. The Morgan fingerprint density at radius 1 is 1.37 bits per heavy atom. The van der Waals surface area contributed by atoms with Gasteiger partial charge in [-0.3, -0.25) is 4.79 Å². The minimum atomic E-state index is -3.09. The molecular weight excluding hydrogens is 392 g/mol. The first-order valence-electron chi connectivity index (χ1n) is 8.45. The topological polar surface area (TPSA) is 112 Å². The minimum absolute atomic E-state index is 0.0612. The zero-order valence-electron chi connectivity index (χ0n) is 14.7. The Bertz CT molecular complexity index is 907. The molecule has 2 aromatic rings. The molecule has 1 aromatic carbocycles. The van der Waals surface area contributed by atoms with Crippen LogP contribution in [0, 0.1) is 0 Å². The van der Waals surface area contributed by atoms with Gasteiger partial charge in [0.15, 0.2) is 15.9 Å². The number of benzene rings is 1. The fraction of sp³-hybridized carbons (Fsp3) is 0.471. The molecule has 1 N–H and O–H groups in total. The van der Waals surface area contributed by atoms with Crippen LogP contribution < -0.4 is 5.32 Å². The molecule has 27 heavy (non-hydrogen) atoms. The largest absolute Gasteiger partial charge is 0.451 e. The van der Waals surface area contributed by atoms with Gasteiger partial charge in [-0.15, -0.1) is 11.3 Å². The highest BCUT2D eigenvalue weighted by Crippen LogP contribution is 2.21. The van der Waals surface area contributed by atoms with Crippen molar-refractivity contribution >= 4 is 43.3 Å². The van der Waals surface area contributed by atoms with Crippen molar-refractivity contribution in [2.24, 2.45) is 0 Å². The van der Waals surface area contributed by atoms with Crippen molar-refractivity contribution in [1.29, 1.82) is 0 Å². The van der Waals surface area contributed by atoms with Gasteiger partial charge >= 0.3 is 5.97 Å². The molecule has 146 valence electrons. The lowest BCUT2D eigenvalue weighted by Crippen LogP contribution is -2.42. The Hall–Kier alpha value is -2.04. The first-order chi connectivity index (χ1) is 12.8. The number of hydrogen-bond acceptors (Lipinski definition) is 8. The molecule has 0 aliphatic carbocycles. The van der Waals surface area contributed by atoms with E-state index >= 15 is 0 Å². The second-order valence-electron chi connectivity index (χ2n) is 6.31. The molecule has 0 bridgehead atoms. The summed E-state index contributed by atoms with van der Waals surface area (Å²) >= 11 is 1.48. The summed E-state index contributed by atoms with van der Waals surface area (Å²) in [5, 5.41) is 3.34. The van der Waals surface area contributed by atoms with Crippen LogP contribution in [0.5, 0.6) is 0 Å². The molecule has 2 atom stereocenters. The van der Waals surface area contributed by atoms with Crippen molar-refractivity contribution in [2.75, 3.05) is 18.1 Å². The summed E-state index contributed by atoms with van der Waals surface area (Å²) in [5.74, 6) is -1.20. The van der Waals surface area contributed by atoms with Gasteiger partial charge in [0.2, 0.25) is 0 Å². The highest BCUT2D eigenvalue weighted by molar-refractivity contribution is 7.91. The molecule has 1 fully saturated rings. The maximum absolute atomic E-state index is 12.0. The van der Waals surface area contributed by atoms with E-state index in [-0.39, 0.29) is 24.7 Å². The monoisotopic (exact) mass is 412 g/mol. The minimum Gasteiger partial charge on any atom is -0.451 e. The van der Waals surface area contributed by atoms with E-state index in [9.17, 15) is 18.0 Å². The van der Waals surface area contributed by atoms with Gasteiger partial charge in [-0.2, -0.15) is 0 Å². The fourth-order valence-corrected chi connectivity index (χ4v) is 5.29. The number of hydrogen-bond donors (Lipinski definition) is 1. The van der Waals surface area contributed by atoms with Crippen molar-refractivity contribution in [3.63, 3.8) is 0 Å². The molecule has 3 rings (SSSR count). The summed E-state index contributed by atoms with van der Waals surface area (Å²) in [4.78, 5) is 28.2. The number of nitrogens with zero attached hydrogens (tertiary/aromatic N) is 1. The summed E-state index contributed by atoms with van der Waals surface area (Å²) in [7, 11) is -3.09. The van der Waals surface area contributed by atoms with Gasteiger partial charge in [-0.25, -0.2) is 18.2 Å². The van der Waals surface area contributed by atoms with Crippen molar-refractivity contribution in [3.05, 3.63) is 29.3 Å².